The van der Waals surface area contributed by atoms with Gasteiger partial charge in [0.15, 0.2) is 11.0 Å². The molecule has 0 aliphatic carbocycles. The van der Waals surface area contributed by atoms with Gasteiger partial charge in [0.05, 0.1) is 5.76 Å². The van der Waals surface area contributed by atoms with Crippen LogP contribution in [-0.4, -0.2) is 86.5 Å². The first kappa shape index (κ1) is 31.9. The van der Waals surface area contributed by atoms with E-state index in [9.17, 15) is 18.0 Å². The molecule has 4 aliphatic heterocycles. The maximum absolute atomic E-state index is 14.0. The number of nitrogens with zero attached hydrogens (tertiary/aromatic N) is 2. The van der Waals surface area contributed by atoms with Crippen molar-refractivity contribution >= 4 is 21.8 Å². The van der Waals surface area contributed by atoms with Crippen molar-refractivity contribution in [2.24, 2.45) is 11.8 Å². The summed E-state index contributed by atoms with van der Waals surface area (Å²) in [6.45, 7) is 8.60. The van der Waals surface area contributed by atoms with Crippen LogP contribution in [0.15, 0.2) is 36.6 Å². The molecule has 1 unspecified atom stereocenters. The van der Waals surface area contributed by atoms with Crippen molar-refractivity contribution in [1.29, 1.82) is 0 Å². The Labute approximate surface area is 254 Å². The molecule has 1 N–H and O–H groups in total. The lowest BCUT2D eigenvalue weighted by Crippen LogP contribution is -2.61. The summed E-state index contributed by atoms with van der Waals surface area (Å²) in [4.78, 5) is 33.9. The number of hydrogen-bond acceptors (Lipinski definition) is 8. The number of sulfonamides is 1. The molecule has 1 atom stereocenters. The van der Waals surface area contributed by atoms with Crippen molar-refractivity contribution in [3.05, 3.63) is 42.2 Å². The zero-order valence-electron chi connectivity index (χ0n) is 25.1. The molecule has 0 saturated carbocycles. The smallest absolute Gasteiger partial charge is 0.266 e. The van der Waals surface area contributed by atoms with E-state index >= 15 is 0 Å². The third-order valence-corrected chi connectivity index (χ3v) is 12.0. The molecule has 0 bridgehead atoms. The Balaban J connectivity index is 1.13. The molecular weight excluding hydrogens is 574 g/mol. The SMILES string of the molecule is C=C(C)Oc1ccc(C(=O)N2CCC(C3CCN(S(=O)(=O)C4(C(=O)NOC5CCCCO5)CCOCC4)CC3)CC2)cc1. The normalized spacial score (nSPS) is 24.3. The zero-order valence-corrected chi connectivity index (χ0v) is 25.9. The van der Waals surface area contributed by atoms with Gasteiger partial charge in [0, 0.05) is 70.8 Å². The van der Waals surface area contributed by atoms with Gasteiger partial charge in [-0.3, -0.25) is 9.59 Å². The van der Waals surface area contributed by atoms with E-state index in [1.54, 1.807) is 31.2 Å². The molecule has 4 heterocycles. The summed E-state index contributed by atoms with van der Waals surface area (Å²) in [6.07, 6.45) is 5.41. The second kappa shape index (κ2) is 14.1. The topological polar surface area (TPSA) is 124 Å². The quantitative estimate of drug-likeness (QED) is 0.329. The molecule has 5 rings (SSSR count). The first-order valence-electron chi connectivity index (χ1n) is 15.6. The molecule has 2 amide bonds. The minimum Gasteiger partial charge on any atom is -0.463 e. The lowest BCUT2D eigenvalue weighted by Gasteiger charge is -2.43. The Morgan fingerprint density at radius 3 is 2.14 bits per heavy atom. The van der Waals surface area contributed by atoms with Crippen LogP contribution in [-0.2, 0) is 29.1 Å². The predicted molar refractivity (Wildman–Crippen MR) is 159 cm³/mol. The molecular formula is C31H45N3O8S. The summed E-state index contributed by atoms with van der Waals surface area (Å²) < 4.78 is 44.4. The molecule has 238 valence electrons. The van der Waals surface area contributed by atoms with Gasteiger partial charge in [-0.25, -0.2) is 23.0 Å². The standard InChI is InChI=1S/C31H45N3O8S/c1-23(2)41-27-8-6-26(7-9-27)29(35)33-16-10-24(11-17-33)25-12-18-34(19-13-25)43(37,38)31(14-21-39-22-15-31)30(36)32-42-28-5-3-4-20-40-28/h6-9,24-25,28H,1,3-5,10-22H2,2H3,(H,32,36). The van der Waals surface area contributed by atoms with Gasteiger partial charge >= 0.3 is 0 Å². The van der Waals surface area contributed by atoms with Crippen LogP contribution in [0, 0.1) is 11.8 Å². The van der Waals surface area contributed by atoms with Crippen LogP contribution in [0.25, 0.3) is 0 Å². The molecule has 4 fully saturated rings. The number of piperidine rings is 2. The van der Waals surface area contributed by atoms with Crippen molar-refractivity contribution in [2.45, 2.75) is 75.7 Å². The highest BCUT2D eigenvalue weighted by Crippen LogP contribution is 2.38. The van der Waals surface area contributed by atoms with Gasteiger partial charge < -0.3 is 19.1 Å². The molecule has 43 heavy (non-hydrogen) atoms. The number of hydrogen-bond donors (Lipinski definition) is 1. The monoisotopic (exact) mass is 619 g/mol. The summed E-state index contributed by atoms with van der Waals surface area (Å²) in [7, 11) is -3.96. The van der Waals surface area contributed by atoms with Gasteiger partial charge in [0.2, 0.25) is 10.0 Å². The van der Waals surface area contributed by atoms with Gasteiger partial charge in [-0.05, 0) is 81.5 Å². The Bertz CT molecular complexity index is 1230. The van der Waals surface area contributed by atoms with E-state index in [0.717, 1.165) is 38.5 Å². The van der Waals surface area contributed by atoms with E-state index in [0.29, 0.717) is 68.1 Å². The maximum Gasteiger partial charge on any atom is 0.266 e. The number of ether oxygens (including phenoxy) is 3. The fourth-order valence-corrected chi connectivity index (χ4v) is 8.92. The van der Waals surface area contributed by atoms with Crippen molar-refractivity contribution in [1.82, 2.24) is 14.7 Å². The van der Waals surface area contributed by atoms with Crippen LogP contribution in [0.1, 0.15) is 75.1 Å². The van der Waals surface area contributed by atoms with Crippen LogP contribution in [0.5, 0.6) is 5.75 Å². The van der Waals surface area contributed by atoms with Gasteiger partial charge in [-0.2, -0.15) is 0 Å². The maximum atomic E-state index is 14.0. The summed E-state index contributed by atoms with van der Waals surface area (Å²) in [5.74, 6) is 1.44. The van der Waals surface area contributed by atoms with Crippen LogP contribution in [0.2, 0.25) is 0 Å². The van der Waals surface area contributed by atoms with Gasteiger partial charge in [-0.15, -0.1) is 0 Å². The van der Waals surface area contributed by atoms with E-state index in [2.05, 4.69) is 12.1 Å². The first-order chi connectivity index (χ1) is 20.7. The number of carbonyl (C=O) groups excluding carboxylic acids is 2. The number of amides is 2. The number of allylic oxidation sites excluding steroid dienone is 1. The Kier molecular flexibility index (Phi) is 10.4. The summed E-state index contributed by atoms with van der Waals surface area (Å²) >= 11 is 0. The molecule has 0 spiro atoms. The molecule has 1 aromatic carbocycles. The molecule has 0 radical (unpaired) electrons. The third kappa shape index (κ3) is 7.25. The second-order valence-corrected chi connectivity index (χ2v) is 14.4. The number of carbonyl (C=O) groups is 2. The van der Waals surface area contributed by atoms with E-state index in [4.69, 9.17) is 19.0 Å². The van der Waals surface area contributed by atoms with E-state index in [1.165, 1.54) is 4.31 Å². The van der Waals surface area contributed by atoms with E-state index in [1.807, 2.05) is 4.90 Å². The first-order valence-corrected chi connectivity index (χ1v) is 17.0. The molecule has 4 saturated heterocycles. The highest BCUT2D eigenvalue weighted by molar-refractivity contribution is 7.91. The van der Waals surface area contributed by atoms with Crippen LogP contribution in [0.3, 0.4) is 0 Å². The van der Waals surface area contributed by atoms with E-state index in [-0.39, 0.29) is 32.0 Å². The lowest BCUT2D eigenvalue weighted by molar-refractivity contribution is -0.202. The number of hydroxylamine groups is 1. The highest BCUT2D eigenvalue weighted by Gasteiger charge is 2.55. The molecule has 12 heteroatoms. The summed E-state index contributed by atoms with van der Waals surface area (Å²) in [6, 6.07) is 7.13. The van der Waals surface area contributed by atoms with Gasteiger partial charge in [0.1, 0.15) is 5.75 Å². The van der Waals surface area contributed by atoms with Gasteiger partial charge in [0.25, 0.3) is 11.8 Å². The van der Waals surface area contributed by atoms with Crippen molar-refractivity contribution in [3.8, 4) is 5.75 Å². The predicted octanol–water partition coefficient (Wildman–Crippen LogP) is 3.62. The number of nitrogens with one attached hydrogen (secondary N) is 1. The van der Waals surface area contributed by atoms with Crippen molar-refractivity contribution in [2.75, 3.05) is 46.0 Å². The fourth-order valence-electron chi connectivity index (χ4n) is 6.78. The second-order valence-electron chi connectivity index (χ2n) is 12.2. The van der Waals surface area contributed by atoms with Gasteiger partial charge in [-0.1, -0.05) is 6.58 Å². The van der Waals surface area contributed by atoms with Crippen LogP contribution < -0.4 is 10.2 Å². The number of rotatable bonds is 9. The minimum absolute atomic E-state index is 0.0142. The Morgan fingerprint density at radius 1 is 0.930 bits per heavy atom. The molecule has 0 aromatic heterocycles. The molecule has 11 nitrogen and oxygen atoms in total. The number of benzene rings is 1. The average Bonchev–Trinajstić information content (AvgIpc) is 3.04. The largest absolute Gasteiger partial charge is 0.463 e. The van der Waals surface area contributed by atoms with Crippen LogP contribution in [0.4, 0.5) is 0 Å². The lowest BCUT2D eigenvalue weighted by atomic mass is 9.79. The van der Waals surface area contributed by atoms with Crippen molar-refractivity contribution < 1.29 is 37.1 Å². The fraction of sp³-hybridized carbons (Fsp3) is 0.677. The van der Waals surface area contributed by atoms with Crippen molar-refractivity contribution in [3.63, 3.8) is 0 Å². The Morgan fingerprint density at radius 2 is 1.56 bits per heavy atom. The molecule has 4 aliphatic rings. The highest BCUT2D eigenvalue weighted by atomic mass is 32.2. The average molecular weight is 620 g/mol. The van der Waals surface area contributed by atoms with Crippen LogP contribution >= 0.6 is 0 Å². The van der Waals surface area contributed by atoms with E-state index < -0.39 is 27.0 Å². The summed E-state index contributed by atoms with van der Waals surface area (Å²) in [5.41, 5.74) is 3.07. The number of likely N-dealkylation sites (tertiary alicyclic amines) is 1. The minimum atomic E-state index is -3.96. The summed E-state index contributed by atoms with van der Waals surface area (Å²) in [5, 5.41) is 0. The third-order valence-electron chi connectivity index (χ3n) is 9.35. The Hall–Kier alpha value is -2.51. The molecule has 1 aromatic rings. The zero-order chi connectivity index (χ0) is 30.5.